The monoisotopic (exact) mass is 160 g/mol. The number of rotatable bonds is 1. The van der Waals surface area contributed by atoms with Gasteiger partial charge in [-0.3, -0.25) is 10.1 Å². The summed E-state index contributed by atoms with van der Waals surface area (Å²) in [5.41, 5.74) is -0.736. The van der Waals surface area contributed by atoms with Gasteiger partial charge in [0.05, 0.1) is 4.92 Å². The fourth-order valence-electron chi connectivity index (χ4n) is 0.161. The van der Waals surface area contributed by atoms with Gasteiger partial charge in [0.15, 0.2) is 6.07 Å². The predicted octanol–water partition coefficient (Wildman–Crippen LogP) is 0.0496. The molecule has 0 fully saturated rings. The minimum atomic E-state index is -0.894. The van der Waals surface area contributed by atoms with Crippen LogP contribution in [0.4, 0.5) is 0 Å². The minimum absolute atomic E-state index is 0.400. The van der Waals surface area contributed by atoms with Gasteiger partial charge in [-0.1, -0.05) is 0 Å². The lowest BCUT2D eigenvalue weighted by atomic mass is 10.6. The first kappa shape index (κ1) is 8.07. The maximum atomic E-state index is 9.76. The molecule has 0 N–H and O–H groups in total. The van der Waals surface area contributed by atoms with Gasteiger partial charge in [-0.15, -0.1) is 0 Å². The van der Waals surface area contributed by atoms with Gasteiger partial charge in [0, 0.05) is 0 Å². The van der Waals surface area contributed by atoms with E-state index in [0.717, 1.165) is 0 Å². The van der Waals surface area contributed by atoms with Crippen molar-refractivity contribution < 1.29 is 4.92 Å². The van der Waals surface area contributed by atoms with E-state index in [0.29, 0.717) is 0 Å². The van der Waals surface area contributed by atoms with Crippen LogP contribution in [-0.2, 0) is 25.3 Å². The molecule has 0 amide bonds. The molecule has 0 unspecified atom stereocenters. The highest BCUT2D eigenvalue weighted by Gasteiger charge is 2.01. The van der Waals surface area contributed by atoms with Crippen LogP contribution < -0.4 is 0 Å². The Morgan fingerprint density at radius 2 is 2.11 bits per heavy atom. The van der Waals surface area contributed by atoms with E-state index in [2.05, 4.69) is 25.3 Å². The van der Waals surface area contributed by atoms with Crippen LogP contribution in [0.3, 0.4) is 0 Å². The summed E-state index contributed by atoms with van der Waals surface area (Å²) in [4.78, 5) is 8.87. The SMILES string of the molecule is N#CC(=C([S-])[S-])[N+](=O)[O-]. The van der Waals surface area contributed by atoms with E-state index in [1.165, 1.54) is 6.07 Å². The Bertz CT molecular complexity index is 200. The number of nitrogens with zero attached hydrogens (tertiary/aromatic N) is 2. The second-order valence-electron chi connectivity index (χ2n) is 1.00. The normalized spacial score (nSPS) is 7.44. The lowest BCUT2D eigenvalue weighted by molar-refractivity contribution is -0.417. The number of nitriles is 1. The fraction of sp³-hybridized carbons (Fsp3) is 0. The van der Waals surface area contributed by atoms with Crippen LogP contribution in [0.5, 0.6) is 0 Å². The lowest BCUT2D eigenvalue weighted by Gasteiger charge is -2.13. The zero-order valence-corrected chi connectivity index (χ0v) is 5.66. The van der Waals surface area contributed by atoms with Crippen LogP contribution in [0.1, 0.15) is 0 Å². The van der Waals surface area contributed by atoms with Crippen molar-refractivity contribution in [3.05, 3.63) is 20.0 Å². The van der Waals surface area contributed by atoms with Crippen LogP contribution in [0.15, 0.2) is 9.93 Å². The summed E-state index contributed by atoms with van der Waals surface area (Å²) in [6.07, 6.45) is 0. The van der Waals surface area contributed by atoms with Crippen molar-refractivity contribution in [1.82, 2.24) is 0 Å². The second kappa shape index (κ2) is 3.17. The third-order valence-electron chi connectivity index (χ3n) is 0.482. The van der Waals surface area contributed by atoms with E-state index < -0.39 is 14.9 Å². The molecule has 0 spiro atoms. The third kappa shape index (κ3) is 2.21. The van der Waals surface area contributed by atoms with Gasteiger partial charge in [-0.2, -0.15) is 5.26 Å². The molecule has 0 aromatic heterocycles. The zero-order chi connectivity index (χ0) is 7.44. The van der Waals surface area contributed by atoms with E-state index in [9.17, 15) is 10.1 Å². The topological polar surface area (TPSA) is 66.9 Å². The Kier molecular flexibility index (Phi) is 2.84. The molecule has 0 aliphatic rings. The first-order valence-corrected chi connectivity index (χ1v) is 2.54. The molecule has 0 bridgehead atoms. The van der Waals surface area contributed by atoms with Crippen molar-refractivity contribution in [2.75, 3.05) is 0 Å². The van der Waals surface area contributed by atoms with E-state index in [4.69, 9.17) is 5.26 Å². The number of hydrogen-bond donors (Lipinski definition) is 0. The molecule has 0 aliphatic heterocycles. The van der Waals surface area contributed by atoms with E-state index >= 15 is 0 Å². The van der Waals surface area contributed by atoms with Crippen LogP contribution in [0, 0.1) is 21.4 Å². The molecular formula is C3N2O2S2-2. The van der Waals surface area contributed by atoms with Gasteiger partial charge in [-0.25, -0.2) is 4.24 Å². The average molecular weight is 160 g/mol. The van der Waals surface area contributed by atoms with Gasteiger partial charge >= 0.3 is 5.70 Å². The highest BCUT2D eigenvalue weighted by molar-refractivity contribution is 7.84. The van der Waals surface area contributed by atoms with Crippen molar-refractivity contribution in [2.24, 2.45) is 0 Å². The van der Waals surface area contributed by atoms with Gasteiger partial charge < -0.3 is 25.3 Å². The van der Waals surface area contributed by atoms with Crippen molar-refractivity contribution in [2.45, 2.75) is 0 Å². The lowest BCUT2D eigenvalue weighted by Crippen LogP contribution is -1.97. The molecule has 0 radical (unpaired) electrons. The molecule has 48 valence electrons. The highest BCUT2D eigenvalue weighted by atomic mass is 32.2. The Morgan fingerprint density at radius 3 is 2.11 bits per heavy atom. The molecule has 0 saturated heterocycles. The minimum Gasteiger partial charge on any atom is -0.800 e. The van der Waals surface area contributed by atoms with Gasteiger partial charge in [-0.05, 0) is 0 Å². The molecule has 0 atom stereocenters. The summed E-state index contributed by atoms with van der Waals surface area (Å²) in [7, 11) is 0. The summed E-state index contributed by atoms with van der Waals surface area (Å²) in [5, 5.41) is 17.7. The molecule has 0 saturated carbocycles. The van der Waals surface area contributed by atoms with Gasteiger partial charge in [0.1, 0.15) is 0 Å². The molecular weight excluding hydrogens is 160 g/mol. The van der Waals surface area contributed by atoms with E-state index in [1.807, 2.05) is 0 Å². The summed E-state index contributed by atoms with van der Waals surface area (Å²) >= 11 is 8.41. The van der Waals surface area contributed by atoms with Gasteiger partial charge in [0.2, 0.25) is 0 Å². The van der Waals surface area contributed by atoms with Gasteiger partial charge in [0.25, 0.3) is 0 Å². The van der Waals surface area contributed by atoms with Crippen LogP contribution >= 0.6 is 0 Å². The maximum absolute atomic E-state index is 9.76. The van der Waals surface area contributed by atoms with Crippen LogP contribution in [0.2, 0.25) is 0 Å². The largest absolute Gasteiger partial charge is 0.800 e. The molecule has 0 aromatic rings. The van der Waals surface area contributed by atoms with Crippen LogP contribution in [0.25, 0.3) is 0 Å². The zero-order valence-electron chi connectivity index (χ0n) is 4.03. The summed E-state index contributed by atoms with van der Waals surface area (Å²) in [5.74, 6) is 0. The van der Waals surface area contributed by atoms with Crippen molar-refractivity contribution in [1.29, 1.82) is 5.26 Å². The first-order chi connectivity index (χ1) is 4.09. The number of hydrogen-bond acceptors (Lipinski definition) is 5. The summed E-state index contributed by atoms with van der Waals surface area (Å²) < 4.78 is -0.400. The van der Waals surface area contributed by atoms with E-state index in [1.54, 1.807) is 0 Å². The molecule has 4 nitrogen and oxygen atoms in total. The van der Waals surface area contributed by atoms with E-state index in [-0.39, 0.29) is 0 Å². The highest BCUT2D eigenvalue weighted by Crippen LogP contribution is 1.98. The quantitative estimate of drug-likeness (QED) is 0.234. The molecule has 0 heterocycles. The predicted molar refractivity (Wildman–Crippen MR) is 34.4 cm³/mol. The molecule has 9 heavy (non-hydrogen) atoms. The maximum Gasteiger partial charge on any atom is 0.301 e. The van der Waals surface area contributed by atoms with Crippen molar-refractivity contribution in [3.8, 4) is 6.07 Å². The molecule has 6 heteroatoms. The average Bonchev–Trinajstić information content (AvgIpc) is 1.64. The Labute approximate surface area is 62.1 Å². The third-order valence-corrected chi connectivity index (χ3v) is 0.869. The summed E-state index contributed by atoms with van der Waals surface area (Å²) in [6, 6.07) is 1.27. The standard InChI is InChI=1S/C3H2N2O2S2/c4-1-2(3(8)9)5(6)7/h8-9H/p-2. The Balaban J connectivity index is 4.62. The second-order valence-corrected chi connectivity index (χ2v) is 2.08. The van der Waals surface area contributed by atoms with Crippen LogP contribution in [-0.4, -0.2) is 4.92 Å². The Hall–Kier alpha value is -0.930. The van der Waals surface area contributed by atoms with Crippen molar-refractivity contribution in [3.63, 3.8) is 0 Å². The first-order valence-electron chi connectivity index (χ1n) is 1.72. The Morgan fingerprint density at radius 1 is 1.67 bits per heavy atom. The number of nitro groups is 1. The summed E-state index contributed by atoms with van der Waals surface area (Å²) in [6.45, 7) is 0. The smallest absolute Gasteiger partial charge is 0.301 e. The fourth-order valence-corrected chi connectivity index (χ4v) is 0.401. The molecule has 0 rings (SSSR count). The van der Waals surface area contributed by atoms with Crippen molar-refractivity contribution >= 4 is 25.3 Å². The molecule has 0 aliphatic carbocycles. The molecule has 0 aromatic carbocycles. The number of allylic oxidation sites excluding steroid dienone is 1.